The first-order valence-corrected chi connectivity index (χ1v) is 8.18. The highest BCUT2D eigenvalue weighted by Gasteiger charge is 2.29. The molecule has 2 aliphatic rings. The van der Waals surface area contributed by atoms with Crippen molar-refractivity contribution >= 4 is 5.96 Å². The summed E-state index contributed by atoms with van der Waals surface area (Å²) in [5, 5.41) is 3.58. The predicted octanol–water partition coefficient (Wildman–Crippen LogP) is 2.02. The van der Waals surface area contributed by atoms with Crippen LogP contribution in [0.1, 0.15) is 40.0 Å². The lowest BCUT2D eigenvalue weighted by Gasteiger charge is -2.37. The summed E-state index contributed by atoms with van der Waals surface area (Å²) in [5.41, 5.74) is 0. The number of likely N-dealkylation sites (tertiary alicyclic amines) is 1. The minimum atomic E-state index is 0.568. The quantitative estimate of drug-likeness (QED) is 0.631. The third kappa shape index (κ3) is 4.11. The summed E-state index contributed by atoms with van der Waals surface area (Å²) in [7, 11) is 4.15. The van der Waals surface area contributed by atoms with Gasteiger partial charge in [-0.1, -0.05) is 13.8 Å². The molecule has 0 radical (unpaired) electrons. The van der Waals surface area contributed by atoms with E-state index in [2.05, 4.69) is 47.9 Å². The number of nitrogens with zero attached hydrogens (tertiary/aromatic N) is 3. The van der Waals surface area contributed by atoms with Gasteiger partial charge in [0.2, 0.25) is 0 Å². The SMILES string of the molecule is CN=C(NCC(C)N(C)C1CC1)N1CC(C)CC(C)C1. The van der Waals surface area contributed by atoms with Crippen molar-refractivity contribution in [3.8, 4) is 0 Å². The van der Waals surface area contributed by atoms with Gasteiger partial charge in [-0.3, -0.25) is 9.89 Å². The molecule has 0 spiro atoms. The Balaban J connectivity index is 1.82. The Bertz CT molecular complexity index is 327. The second-order valence-corrected chi connectivity index (χ2v) is 7.02. The first-order valence-electron chi connectivity index (χ1n) is 8.18. The molecule has 0 bridgehead atoms. The molecule has 3 atom stereocenters. The lowest BCUT2D eigenvalue weighted by atomic mass is 9.92. The van der Waals surface area contributed by atoms with Crippen molar-refractivity contribution in [3.63, 3.8) is 0 Å². The lowest BCUT2D eigenvalue weighted by Crippen LogP contribution is -2.51. The number of hydrogen-bond acceptors (Lipinski definition) is 2. The van der Waals surface area contributed by atoms with Gasteiger partial charge in [-0.15, -0.1) is 0 Å². The van der Waals surface area contributed by atoms with Crippen LogP contribution in [0, 0.1) is 11.8 Å². The molecular weight excluding hydrogens is 248 g/mol. The molecule has 1 saturated heterocycles. The van der Waals surface area contributed by atoms with Gasteiger partial charge in [0.05, 0.1) is 0 Å². The Hall–Kier alpha value is -0.770. The maximum Gasteiger partial charge on any atom is 0.193 e. The molecule has 1 aliphatic heterocycles. The third-order valence-electron chi connectivity index (χ3n) is 4.75. The summed E-state index contributed by atoms with van der Waals surface area (Å²) < 4.78 is 0. The summed E-state index contributed by atoms with van der Waals surface area (Å²) in [6.07, 6.45) is 4.09. The van der Waals surface area contributed by atoms with Crippen molar-refractivity contribution in [2.24, 2.45) is 16.8 Å². The van der Waals surface area contributed by atoms with Crippen LogP contribution in [-0.4, -0.2) is 61.6 Å². The highest BCUT2D eigenvalue weighted by atomic mass is 15.3. The van der Waals surface area contributed by atoms with Gasteiger partial charge in [0.15, 0.2) is 5.96 Å². The fourth-order valence-electron chi connectivity index (χ4n) is 3.39. The molecule has 4 nitrogen and oxygen atoms in total. The number of rotatable bonds is 4. The van der Waals surface area contributed by atoms with E-state index in [4.69, 9.17) is 0 Å². The van der Waals surface area contributed by atoms with Gasteiger partial charge in [-0.25, -0.2) is 0 Å². The largest absolute Gasteiger partial charge is 0.355 e. The molecule has 4 heteroatoms. The van der Waals surface area contributed by atoms with Gasteiger partial charge in [0.1, 0.15) is 0 Å². The zero-order chi connectivity index (χ0) is 14.7. The highest BCUT2D eigenvalue weighted by Crippen LogP contribution is 2.26. The van der Waals surface area contributed by atoms with Crippen molar-refractivity contribution in [3.05, 3.63) is 0 Å². The molecule has 116 valence electrons. The van der Waals surface area contributed by atoms with Crippen LogP contribution in [0.15, 0.2) is 4.99 Å². The molecule has 0 aromatic heterocycles. The molecule has 1 aliphatic carbocycles. The van der Waals surface area contributed by atoms with E-state index in [9.17, 15) is 0 Å². The predicted molar refractivity (Wildman–Crippen MR) is 86.1 cm³/mol. The van der Waals surface area contributed by atoms with E-state index in [1.807, 2.05) is 7.05 Å². The van der Waals surface area contributed by atoms with Crippen LogP contribution in [0.2, 0.25) is 0 Å². The fourth-order valence-corrected chi connectivity index (χ4v) is 3.39. The van der Waals surface area contributed by atoms with E-state index in [1.54, 1.807) is 0 Å². The summed E-state index contributed by atoms with van der Waals surface area (Å²) >= 11 is 0. The minimum Gasteiger partial charge on any atom is -0.355 e. The van der Waals surface area contributed by atoms with Gasteiger partial charge in [-0.05, 0) is 45.1 Å². The normalized spacial score (nSPS) is 29.7. The van der Waals surface area contributed by atoms with Crippen molar-refractivity contribution in [2.45, 2.75) is 52.1 Å². The molecule has 0 aromatic carbocycles. The third-order valence-corrected chi connectivity index (χ3v) is 4.75. The maximum atomic E-state index is 4.49. The number of hydrogen-bond donors (Lipinski definition) is 1. The van der Waals surface area contributed by atoms with Crippen LogP contribution < -0.4 is 5.32 Å². The van der Waals surface area contributed by atoms with E-state index >= 15 is 0 Å². The average Bonchev–Trinajstić information content (AvgIpc) is 3.21. The monoisotopic (exact) mass is 280 g/mol. The second kappa shape index (κ2) is 6.79. The first kappa shape index (κ1) is 15.6. The molecule has 2 fully saturated rings. The lowest BCUT2D eigenvalue weighted by molar-refractivity contribution is 0.204. The topological polar surface area (TPSA) is 30.9 Å². The zero-order valence-electron chi connectivity index (χ0n) is 13.9. The Kier molecular flexibility index (Phi) is 5.30. The Morgan fingerprint density at radius 2 is 1.90 bits per heavy atom. The van der Waals surface area contributed by atoms with E-state index in [1.165, 1.54) is 19.3 Å². The van der Waals surface area contributed by atoms with Crippen molar-refractivity contribution in [1.29, 1.82) is 0 Å². The van der Waals surface area contributed by atoms with Gasteiger partial charge in [0.25, 0.3) is 0 Å². The number of nitrogens with one attached hydrogen (secondary N) is 1. The average molecular weight is 280 g/mol. The van der Waals surface area contributed by atoms with Crippen LogP contribution in [0.25, 0.3) is 0 Å². The first-order chi connectivity index (χ1) is 9.51. The van der Waals surface area contributed by atoms with Crippen LogP contribution in [0.5, 0.6) is 0 Å². The number of aliphatic imine (C=N–C) groups is 1. The molecule has 1 saturated carbocycles. The van der Waals surface area contributed by atoms with Crippen LogP contribution >= 0.6 is 0 Å². The second-order valence-electron chi connectivity index (χ2n) is 7.02. The summed E-state index contributed by atoms with van der Waals surface area (Å²) in [6, 6.07) is 1.39. The van der Waals surface area contributed by atoms with Gasteiger partial charge in [-0.2, -0.15) is 0 Å². The van der Waals surface area contributed by atoms with E-state index < -0.39 is 0 Å². The number of guanidine groups is 1. The molecule has 1 heterocycles. The maximum absolute atomic E-state index is 4.49. The molecule has 0 aromatic rings. The van der Waals surface area contributed by atoms with Crippen molar-refractivity contribution in [2.75, 3.05) is 33.7 Å². The summed E-state index contributed by atoms with van der Waals surface area (Å²) in [5.74, 6) is 2.62. The van der Waals surface area contributed by atoms with Crippen molar-refractivity contribution < 1.29 is 0 Å². The Morgan fingerprint density at radius 3 is 2.40 bits per heavy atom. The van der Waals surface area contributed by atoms with E-state index in [-0.39, 0.29) is 0 Å². The van der Waals surface area contributed by atoms with Gasteiger partial charge in [0, 0.05) is 38.8 Å². The fraction of sp³-hybridized carbons (Fsp3) is 0.938. The standard InChI is InChI=1S/C16H32N4/c1-12-8-13(2)11-20(10-12)16(17-4)18-9-14(3)19(5)15-6-7-15/h12-15H,6-11H2,1-5H3,(H,17,18). The zero-order valence-corrected chi connectivity index (χ0v) is 13.9. The summed E-state index contributed by atoms with van der Waals surface area (Å²) in [6.45, 7) is 10.3. The van der Waals surface area contributed by atoms with Crippen LogP contribution in [-0.2, 0) is 0 Å². The molecule has 2 rings (SSSR count). The van der Waals surface area contributed by atoms with Crippen LogP contribution in [0.4, 0.5) is 0 Å². The smallest absolute Gasteiger partial charge is 0.193 e. The molecule has 1 N–H and O–H groups in total. The van der Waals surface area contributed by atoms with E-state index in [0.717, 1.165) is 43.5 Å². The minimum absolute atomic E-state index is 0.568. The molecule has 3 unspecified atom stereocenters. The van der Waals surface area contributed by atoms with Crippen LogP contribution in [0.3, 0.4) is 0 Å². The Morgan fingerprint density at radius 1 is 1.30 bits per heavy atom. The molecular formula is C16H32N4. The number of piperidine rings is 1. The van der Waals surface area contributed by atoms with Gasteiger partial charge >= 0.3 is 0 Å². The van der Waals surface area contributed by atoms with Gasteiger partial charge < -0.3 is 10.2 Å². The van der Waals surface area contributed by atoms with Crippen molar-refractivity contribution in [1.82, 2.24) is 15.1 Å². The number of likely N-dealkylation sites (N-methyl/N-ethyl adjacent to an activating group) is 1. The molecule has 20 heavy (non-hydrogen) atoms. The van der Waals surface area contributed by atoms with E-state index in [0.29, 0.717) is 6.04 Å². The Labute approximate surface area is 124 Å². The highest BCUT2D eigenvalue weighted by molar-refractivity contribution is 5.80. The molecule has 0 amide bonds. The summed E-state index contributed by atoms with van der Waals surface area (Å²) in [4.78, 5) is 9.42.